The Kier molecular flexibility index (Phi) is 6.95. The van der Waals surface area contributed by atoms with Gasteiger partial charge in [-0.1, -0.05) is 36.0 Å². The molecule has 0 saturated carbocycles. The van der Waals surface area contributed by atoms with Gasteiger partial charge in [-0.15, -0.1) is 0 Å². The highest BCUT2D eigenvalue weighted by Crippen LogP contribution is 2.22. The van der Waals surface area contributed by atoms with Gasteiger partial charge in [0.25, 0.3) is 10.1 Å². The number of unbranched alkanes of at least 4 members (excludes halogenated alkanes) is 3. The van der Waals surface area contributed by atoms with Crippen LogP contribution in [-0.4, -0.2) is 24.5 Å². The molecule has 0 amide bonds. The van der Waals surface area contributed by atoms with E-state index in [1.54, 1.807) is 18.2 Å². The summed E-state index contributed by atoms with van der Waals surface area (Å²) in [5.41, 5.74) is 0.414. The van der Waals surface area contributed by atoms with Crippen molar-refractivity contribution in [2.75, 3.05) is 5.75 Å². The van der Waals surface area contributed by atoms with E-state index < -0.39 is 10.1 Å². The SMILES string of the molecule is O=C(CCCCCCS(=O)(=O)O)c1cc(Cl)ccc1Cl. The minimum atomic E-state index is -3.88. The van der Waals surface area contributed by atoms with E-state index >= 15 is 0 Å². The smallest absolute Gasteiger partial charge is 0.264 e. The molecule has 0 spiro atoms. The minimum absolute atomic E-state index is 0.0766. The fourth-order valence-electron chi connectivity index (χ4n) is 1.77. The molecular weight excluding hydrogens is 323 g/mol. The highest BCUT2D eigenvalue weighted by molar-refractivity contribution is 7.85. The van der Waals surface area contributed by atoms with Gasteiger partial charge < -0.3 is 0 Å². The molecule has 112 valence electrons. The second-order valence-electron chi connectivity index (χ2n) is 4.50. The molecule has 1 N–H and O–H groups in total. The predicted octanol–water partition coefficient (Wildman–Crippen LogP) is 4.01. The Labute approximate surface area is 128 Å². The van der Waals surface area contributed by atoms with Crippen molar-refractivity contribution in [3.05, 3.63) is 33.8 Å². The molecule has 1 aromatic carbocycles. The number of halogens is 2. The predicted molar refractivity (Wildman–Crippen MR) is 80.3 cm³/mol. The molecule has 0 atom stereocenters. The standard InChI is InChI=1S/C13H16Cl2O4S/c14-10-6-7-12(15)11(9-10)13(16)5-3-1-2-4-8-20(17,18)19/h6-7,9H,1-5,8H2,(H,17,18,19). The second kappa shape index (κ2) is 7.98. The topological polar surface area (TPSA) is 71.4 Å². The molecule has 0 unspecified atom stereocenters. The van der Waals surface area contributed by atoms with E-state index in [0.29, 0.717) is 41.3 Å². The Morgan fingerprint density at radius 1 is 1.10 bits per heavy atom. The maximum absolute atomic E-state index is 11.9. The summed E-state index contributed by atoms with van der Waals surface area (Å²) < 4.78 is 29.6. The van der Waals surface area contributed by atoms with E-state index in [2.05, 4.69) is 0 Å². The zero-order valence-corrected chi connectivity index (χ0v) is 13.1. The monoisotopic (exact) mass is 338 g/mol. The lowest BCUT2D eigenvalue weighted by atomic mass is 10.0. The minimum Gasteiger partial charge on any atom is -0.294 e. The van der Waals surface area contributed by atoms with Crippen molar-refractivity contribution < 1.29 is 17.8 Å². The molecule has 0 aliphatic rings. The normalized spacial score (nSPS) is 11.6. The molecule has 1 rings (SSSR count). The van der Waals surface area contributed by atoms with E-state index in [-0.39, 0.29) is 11.5 Å². The van der Waals surface area contributed by atoms with Gasteiger partial charge in [-0.2, -0.15) is 8.42 Å². The molecule has 0 saturated heterocycles. The van der Waals surface area contributed by atoms with E-state index in [4.69, 9.17) is 27.8 Å². The van der Waals surface area contributed by atoms with Crippen molar-refractivity contribution in [3.63, 3.8) is 0 Å². The highest BCUT2D eigenvalue weighted by atomic mass is 35.5. The van der Waals surface area contributed by atoms with Gasteiger partial charge in [-0.05, 0) is 31.0 Å². The number of hydrogen-bond donors (Lipinski definition) is 1. The van der Waals surface area contributed by atoms with Crippen molar-refractivity contribution >= 4 is 39.1 Å². The Bertz CT molecular complexity index is 570. The molecule has 0 radical (unpaired) electrons. The lowest BCUT2D eigenvalue weighted by Crippen LogP contribution is -2.04. The van der Waals surface area contributed by atoms with Crippen LogP contribution in [0.15, 0.2) is 18.2 Å². The third kappa shape index (κ3) is 6.70. The number of carbonyl (C=O) groups is 1. The zero-order chi connectivity index (χ0) is 15.2. The second-order valence-corrected chi connectivity index (χ2v) is 6.91. The molecule has 4 nitrogen and oxygen atoms in total. The Balaban J connectivity index is 2.32. The van der Waals surface area contributed by atoms with Crippen LogP contribution >= 0.6 is 23.2 Å². The zero-order valence-electron chi connectivity index (χ0n) is 10.8. The van der Waals surface area contributed by atoms with Crippen molar-refractivity contribution in [3.8, 4) is 0 Å². The first-order chi connectivity index (χ1) is 9.29. The number of Topliss-reactive ketones (excluding diaryl/α,β-unsaturated/α-hetero) is 1. The number of ketones is 1. The van der Waals surface area contributed by atoms with Gasteiger partial charge in [0.05, 0.1) is 10.8 Å². The summed E-state index contributed by atoms with van der Waals surface area (Å²) in [5.74, 6) is -0.312. The van der Waals surface area contributed by atoms with Crippen LogP contribution in [0.5, 0.6) is 0 Å². The molecule has 20 heavy (non-hydrogen) atoms. The van der Waals surface area contributed by atoms with Gasteiger partial charge in [0, 0.05) is 17.0 Å². The third-order valence-corrected chi connectivity index (χ3v) is 4.15. The first-order valence-electron chi connectivity index (χ1n) is 6.23. The molecule has 0 aliphatic carbocycles. The van der Waals surface area contributed by atoms with Crippen LogP contribution in [0.1, 0.15) is 42.5 Å². The summed E-state index contributed by atoms with van der Waals surface area (Å²) >= 11 is 11.7. The first-order valence-corrected chi connectivity index (χ1v) is 8.59. The van der Waals surface area contributed by atoms with E-state index in [1.165, 1.54) is 0 Å². The average molecular weight is 339 g/mol. The number of carbonyl (C=O) groups excluding carboxylic acids is 1. The van der Waals surface area contributed by atoms with Gasteiger partial charge in [0.15, 0.2) is 5.78 Å². The lowest BCUT2D eigenvalue weighted by molar-refractivity contribution is 0.0979. The van der Waals surface area contributed by atoms with Crippen LogP contribution in [0.2, 0.25) is 10.0 Å². The summed E-state index contributed by atoms with van der Waals surface area (Å²) in [6.45, 7) is 0. The fourth-order valence-corrected chi connectivity index (χ4v) is 2.73. The summed E-state index contributed by atoms with van der Waals surface area (Å²) in [7, 11) is -3.88. The Hall–Kier alpha value is -0.620. The maximum atomic E-state index is 11.9. The summed E-state index contributed by atoms with van der Waals surface area (Å²) in [6.07, 6.45) is 2.75. The van der Waals surface area contributed by atoms with Gasteiger partial charge in [0.2, 0.25) is 0 Å². The van der Waals surface area contributed by atoms with Gasteiger partial charge >= 0.3 is 0 Å². The average Bonchev–Trinajstić information content (AvgIpc) is 2.35. The van der Waals surface area contributed by atoms with E-state index in [0.717, 1.165) is 6.42 Å². The van der Waals surface area contributed by atoms with Gasteiger partial charge in [0.1, 0.15) is 0 Å². The maximum Gasteiger partial charge on any atom is 0.264 e. The van der Waals surface area contributed by atoms with Crippen LogP contribution < -0.4 is 0 Å². The molecule has 1 aromatic rings. The summed E-state index contributed by atoms with van der Waals surface area (Å²) in [6, 6.07) is 4.75. The summed E-state index contributed by atoms with van der Waals surface area (Å²) in [4.78, 5) is 11.9. The molecule has 0 heterocycles. The van der Waals surface area contributed by atoms with Crippen molar-refractivity contribution in [2.45, 2.75) is 32.1 Å². The van der Waals surface area contributed by atoms with Crippen LogP contribution in [0.4, 0.5) is 0 Å². The largest absolute Gasteiger partial charge is 0.294 e. The Morgan fingerprint density at radius 3 is 2.40 bits per heavy atom. The first kappa shape index (κ1) is 17.4. The lowest BCUT2D eigenvalue weighted by Gasteiger charge is -2.04. The number of rotatable bonds is 8. The van der Waals surface area contributed by atoms with E-state index in [9.17, 15) is 13.2 Å². The molecule has 7 heteroatoms. The van der Waals surface area contributed by atoms with Crippen LogP contribution in [0, 0.1) is 0 Å². The fraction of sp³-hybridized carbons (Fsp3) is 0.462. The third-order valence-electron chi connectivity index (χ3n) is 2.78. The van der Waals surface area contributed by atoms with Crippen LogP contribution in [0.25, 0.3) is 0 Å². The molecule has 0 aromatic heterocycles. The molecule has 0 fully saturated rings. The molecule has 0 bridgehead atoms. The summed E-state index contributed by atoms with van der Waals surface area (Å²) in [5, 5.41) is 0.844. The van der Waals surface area contributed by atoms with E-state index in [1.807, 2.05) is 0 Å². The van der Waals surface area contributed by atoms with Crippen LogP contribution in [-0.2, 0) is 10.1 Å². The Morgan fingerprint density at radius 2 is 1.75 bits per heavy atom. The number of hydrogen-bond acceptors (Lipinski definition) is 3. The van der Waals surface area contributed by atoms with Gasteiger partial charge in [-0.3, -0.25) is 9.35 Å². The van der Waals surface area contributed by atoms with Crippen molar-refractivity contribution in [1.82, 2.24) is 0 Å². The number of benzene rings is 1. The molecular formula is C13H16Cl2O4S. The van der Waals surface area contributed by atoms with Crippen molar-refractivity contribution in [1.29, 1.82) is 0 Å². The van der Waals surface area contributed by atoms with Crippen molar-refractivity contribution in [2.24, 2.45) is 0 Å². The highest BCUT2D eigenvalue weighted by Gasteiger charge is 2.11. The van der Waals surface area contributed by atoms with Crippen LogP contribution in [0.3, 0.4) is 0 Å². The van der Waals surface area contributed by atoms with Gasteiger partial charge in [-0.25, -0.2) is 0 Å². The molecule has 0 aliphatic heterocycles. The quantitative estimate of drug-likeness (QED) is 0.441.